The van der Waals surface area contributed by atoms with Gasteiger partial charge >= 0.3 is 5.97 Å². The molecule has 1 saturated carbocycles. The van der Waals surface area contributed by atoms with Gasteiger partial charge in [-0.3, -0.25) is 14.6 Å². The van der Waals surface area contributed by atoms with E-state index < -0.39 is 12.1 Å². The SMILES string of the molecule is C[C@@H]1[C@@H](C)CCC[C@H]1NC(=O)[C@@H](C)OC(=O)Cc1csc(-c2cccnc2)n1. The average Bonchev–Trinajstić information content (AvgIpc) is 3.14. The first-order valence-corrected chi connectivity index (χ1v) is 10.7. The van der Waals surface area contributed by atoms with Gasteiger partial charge in [-0.25, -0.2) is 4.98 Å². The molecule has 0 spiro atoms. The number of esters is 1. The summed E-state index contributed by atoms with van der Waals surface area (Å²) >= 11 is 1.46. The van der Waals surface area contributed by atoms with Crippen molar-refractivity contribution in [2.24, 2.45) is 11.8 Å². The summed E-state index contributed by atoms with van der Waals surface area (Å²) in [6.45, 7) is 6.01. The van der Waals surface area contributed by atoms with E-state index in [-0.39, 0.29) is 18.4 Å². The fourth-order valence-corrected chi connectivity index (χ4v) is 4.35. The number of amides is 1. The van der Waals surface area contributed by atoms with Crippen LogP contribution in [0.25, 0.3) is 10.6 Å². The van der Waals surface area contributed by atoms with Gasteiger partial charge in [0.05, 0.1) is 12.1 Å². The number of hydrogen-bond acceptors (Lipinski definition) is 6. The molecule has 1 amide bonds. The van der Waals surface area contributed by atoms with Crippen molar-refractivity contribution in [2.45, 2.75) is 58.6 Å². The fraction of sp³-hybridized carbons (Fsp3) is 0.524. The summed E-state index contributed by atoms with van der Waals surface area (Å²) in [7, 11) is 0. The highest BCUT2D eigenvalue weighted by Crippen LogP contribution is 2.29. The van der Waals surface area contributed by atoms with Gasteiger partial charge in [0.25, 0.3) is 5.91 Å². The highest BCUT2D eigenvalue weighted by molar-refractivity contribution is 7.13. The van der Waals surface area contributed by atoms with Crippen molar-refractivity contribution in [2.75, 3.05) is 0 Å². The minimum atomic E-state index is -0.812. The number of thiazole rings is 1. The van der Waals surface area contributed by atoms with E-state index in [9.17, 15) is 9.59 Å². The first kappa shape index (κ1) is 20.5. The Morgan fingerprint density at radius 2 is 2.18 bits per heavy atom. The fourth-order valence-electron chi connectivity index (χ4n) is 3.54. The number of ether oxygens (including phenoxy) is 1. The standard InChI is InChI=1S/C21H27N3O3S/c1-13-6-4-8-18(14(13)2)24-20(26)15(3)27-19(25)10-17-12-28-21(23-17)16-7-5-9-22-11-16/h5,7,9,11-15,18H,4,6,8,10H2,1-3H3,(H,24,26)/t13-,14+,15+,18+/m0/s1. The molecule has 2 aromatic heterocycles. The Morgan fingerprint density at radius 3 is 2.93 bits per heavy atom. The maximum absolute atomic E-state index is 12.4. The molecule has 0 aliphatic heterocycles. The molecule has 0 aromatic carbocycles. The number of carbonyl (C=O) groups excluding carboxylic acids is 2. The molecule has 0 saturated heterocycles. The van der Waals surface area contributed by atoms with E-state index in [0.29, 0.717) is 17.5 Å². The topological polar surface area (TPSA) is 81.2 Å². The molecular formula is C21H27N3O3S. The molecule has 2 heterocycles. The first-order chi connectivity index (χ1) is 13.4. The molecular weight excluding hydrogens is 374 g/mol. The van der Waals surface area contributed by atoms with E-state index in [1.165, 1.54) is 17.8 Å². The van der Waals surface area contributed by atoms with Gasteiger partial charge in [0.15, 0.2) is 6.10 Å². The van der Waals surface area contributed by atoms with E-state index in [2.05, 4.69) is 29.1 Å². The van der Waals surface area contributed by atoms with Gasteiger partial charge in [0, 0.05) is 29.4 Å². The zero-order valence-electron chi connectivity index (χ0n) is 16.6. The Morgan fingerprint density at radius 1 is 1.36 bits per heavy atom. The largest absolute Gasteiger partial charge is 0.452 e. The molecule has 1 fully saturated rings. The molecule has 150 valence electrons. The molecule has 1 aliphatic carbocycles. The number of carbonyl (C=O) groups is 2. The van der Waals surface area contributed by atoms with Gasteiger partial charge in [-0.05, 0) is 37.3 Å². The molecule has 3 rings (SSSR count). The number of nitrogens with zero attached hydrogens (tertiary/aromatic N) is 2. The van der Waals surface area contributed by atoms with Crippen molar-refractivity contribution in [1.82, 2.24) is 15.3 Å². The maximum Gasteiger partial charge on any atom is 0.312 e. The second-order valence-electron chi connectivity index (χ2n) is 7.58. The van der Waals surface area contributed by atoms with Gasteiger partial charge in [-0.1, -0.05) is 26.7 Å². The quantitative estimate of drug-likeness (QED) is 0.748. The zero-order valence-corrected chi connectivity index (χ0v) is 17.4. The third-order valence-corrected chi connectivity index (χ3v) is 6.44. The first-order valence-electron chi connectivity index (χ1n) is 9.78. The molecule has 1 N–H and O–H groups in total. The van der Waals surface area contributed by atoms with Crippen molar-refractivity contribution >= 4 is 23.2 Å². The van der Waals surface area contributed by atoms with Crippen LogP contribution in [0.15, 0.2) is 29.9 Å². The summed E-state index contributed by atoms with van der Waals surface area (Å²) < 4.78 is 5.34. The van der Waals surface area contributed by atoms with Crippen molar-refractivity contribution in [3.05, 3.63) is 35.6 Å². The van der Waals surface area contributed by atoms with Crippen LogP contribution >= 0.6 is 11.3 Å². The summed E-state index contributed by atoms with van der Waals surface area (Å²) in [4.78, 5) is 33.2. The Labute approximate surface area is 169 Å². The van der Waals surface area contributed by atoms with E-state index >= 15 is 0 Å². The Bertz CT molecular complexity index is 808. The van der Waals surface area contributed by atoms with Gasteiger partial charge < -0.3 is 10.1 Å². The van der Waals surface area contributed by atoms with Crippen LogP contribution < -0.4 is 5.32 Å². The summed E-state index contributed by atoms with van der Waals surface area (Å²) in [6, 6.07) is 3.92. The lowest BCUT2D eigenvalue weighted by Crippen LogP contribution is -2.47. The molecule has 1 aliphatic rings. The van der Waals surface area contributed by atoms with Gasteiger partial charge in [0.2, 0.25) is 0 Å². The minimum absolute atomic E-state index is 0.0469. The predicted octanol–water partition coefficient (Wildman–Crippen LogP) is 3.62. The molecule has 4 atom stereocenters. The van der Waals surface area contributed by atoms with E-state index in [1.807, 2.05) is 17.5 Å². The monoisotopic (exact) mass is 401 g/mol. The smallest absolute Gasteiger partial charge is 0.312 e. The highest BCUT2D eigenvalue weighted by Gasteiger charge is 2.30. The van der Waals surface area contributed by atoms with E-state index in [4.69, 9.17) is 4.74 Å². The third-order valence-electron chi connectivity index (χ3n) is 5.50. The predicted molar refractivity (Wildman–Crippen MR) is 109 cm³/mol. The highest BCUT2D eigenvalue weighted by atomic mass is 32.1. The van der Waals surface area contributed by atoms with E-state index in [0.717, 1.165) is 23.4 Å². The van der Waals surface area contributed by atoms with Crippen LogP contribution in [0.1, 0.15) is 45.7 Å². The Hall–Kier alpha value is -2.28. The normalized spacial score (nSPS) is 23.0. The molecule has 2 aromatic rings. The van der Waals surface area contributed by atoms with Gasteiger partial charge in [-0.2, -0.15) is 0 Å². The van der Waals surface area contributed by atoms with E-state index in [1.54, 1.807) is 19.3 Å². The summed E-state index contributed by atoms with van der Waals surface area (Å²) in [6.07, 6.45) is 5.98. The Balaban J connectivity index is 1.50. The molecule has 0 radical (unpaired) electrons. The second kappa shape index (κ2) is 9.28. The van der Waals surface area contributed by atoms with Crippen LogP contribution in [0, 0.1) is 11.8 Å². The van der Waals surface area contributed by atoms with Crippen LogP contribution in [0.5, 0.6) is 0 Å². The van der Waals surface area contributed by atoms with Crippen molar-refractivity contribution < 1.29 is 14.3 Å². The lowest BCUT2D eigenvalue weighted by Gasteiger charge is -2.35. The average molecular weight is 402 g/mol. The summed E-state index contributed by atoms with van der Waals surface area (Å²) in [5.74, 6) is 0.349. The molecule has 7 heteroatoms. The second-order valence-corrected chi connectivity index (χ2v) is 8.44. The molecule has 6 nitrogen and oxygen atoms in total. The maximum atomic E-state index is 12.4. The van der Waals surface area contributed by atoms with Crippen LogP contribution in [-0.4, -0.2) is 34.0 Å². The third kappa shape index (κ3) is 5.16. The van der Waals surface area contributed by atoms with Crippen LogP contribution in [0.2, 0.25) is 0 Å². The molecule has 0 bridgehead atoms. The molecule has 28 heavy (non-hydrogen) atoms. The lowest BCUT2D eigenvalue weighted by molar-refractivity contribution is -0.154. The number of hydrogen-bond donors (Lipinski definition) is 1. The summed E-state index contributed by atoms with van der Waals surface area (Å²) in [5, 5.41) is 5.70. The van der Waals surface area contributed by atoms with Crippen molar-refractivity contribution in [3.8, 4) is 10.6 Å². The van der Waals surface area contributed by atoms with Crippen LogP contribution in [-0.2, 0) is 20.7 Å². The Kier molecular flexibility index (Phi) is 6.78. The summed E-state index contributed by atoms with van der Waals surface area (Å²) in [5.41, 5.74) is 1.55. The number of pyridine rings is 1. The number of nitrogens with one attached hydrogen (secondary N) is 1. The molecule has 0 unspecified atom stereocenters. The van der Waals surface area contributed by atoms with Crippen molar-refractivity contribution in [3.63, 3.8) is 0 Å². The zero-order chi connectivity index (χ0) is 20.1. The van der Waals surface area contributed by atoms with Crippen LogP contribution in [0.4, 0.5) is 0 Å². The number of rotatable bonds is 6. The lowest BCUT2D eigenvalue weighted by atomic mass is 9.78. The van der Waals surface area contributed by atoms with Gasteiger partial charge in [-0.15, -0.1) is 11.3 Å². The number of aromatic nitrogens is 2. The van der Waals surface area contributed by atoms with Crippen molar-refractivity contribution in [1.29, 1.82) is 0 Å². The minimum Gasteiger partial charge on any atom is -0.452 e. The van der Waals surface area contributed by atoms with Crippen LogP contribution in [0.3, 0.4) is 0 Å². The van der Waals surface area contributed by atoms with Gasteiger partial charge in [0.1, 0.15) is 5.01 Å².